The molecule has 1 aromatic rings. The SMILES string of the molecule is CCCCN1CCC(NC(=NC)NCCCSc2nccs2)CC1.I. The fourth-order valence-corrected chi connectivity index (χ4v) is 4.44. The van der Waals surface area contributed by atoms with E-state index < -0.39 is 0 Å². The van der Waals surface area contributed by atoms with E-state index in [2.05, 4.69) is 32.4 Å². The minimum absolute atomic E-state index is 0. The number of nitrogens with zero attached hydrogens (tertiary/aromatic N) is 3. The molecular formula is C17H32IN5S2. The van der Waals surface area contributed by atoms with Crippen LogP contribution in [0.15, 0.2) is 20.9 Å². The first kappa shape index (κ1) is 23.0. The fourth-order valence-electron chi connectivity index (χ4n) is 2.79. The third kappa shape index (κ3) is 9.44. The molecule has 0 unspecified atom stereocenters. The average molecular weight is 498 g/mol. The molecular weight excluding hydrogens is 465 g/mol. The quantitative estimate of drug-likeness (QED) is 0.179. The van der Waals surface area contributed by atoms with E-state index in [0.717, 1.165) is 29.0 Å². The maximum atomic E-state index is 4.36. The van der Waals surface area contributed by atoms with Gasteiger partial charge in [-0.2, -0.15) is 0 Å². The molecule has 1 saturated heterocycles. The lowest BCUT2D eigenvalue weighted by atomic mass is 10.0. The number of thioether (sulfide) groups is 1. The topological polar surface area (TPSA) is 52.5 Å². The first-order valence-corrected chi connectivity index (χ1v) is 10.9. The molecule has 1 fully saturated rings. The summed E-state index contributed by atoms with van der Waals surface area (Å²) in [6.45, 7) is 6.89. The lowest BCUT2D eigenvalue weighted by molar-refractivity contribution is 0.203. The number of hydrogen-bond acceptors (Lipinski definition) is 5. The van der Waals surface area contributed by atoms with E-state index in [1.165, 1.54) is 45.3 Å². The van der Waals surface area contributed by atoms with Gasteiger partial charge in [-0.3, -0.25) is 4.99 Å². The van der Waals surface area contributed by atoms with Gasteiger partial charge in [0.15, 0.2) is 5.96 Å². The van der Waals surface area contributed by atoms with Gasteiger partial charge in [0, 0.05) is 50.1 Å². The van der Waals surface area contributed by atoms with Gasteiger partial charge in [-0.15, -0.1) is 35.3 Å². The Balaban J connectivity index is 0.00000312. The molecule has 0 saturated carbocycles. The van der Waals surface area contributed by atoms with Gasteiger partial charge >= 0.3 is 0 Å². The predicted molar refractivity (Wildman–Crippen MR) is 122 cm³/mol. The highest BCUT2D eigenvalue weighted by Crippen LogP contribution is 2.20. The Morgan fingerprint density at radius 2 is 2.20 bits per heavy atom. The third-order valence-electron chi connectivity index (χ3n) is 4.23. The van der Waals surface area contributed by atoms with Gasteiger partial charge in [-0.1, -0.05) is 25.1 Å². The zero-order valence-corrected chi connectivity index (χ0v) is 19.3. The van der Waals surface area contributed by atoms with Crippen molar-refractivity contribution in [3.63, 3.8) is 0 Å². The molecule has 1 aliphatic heterocycles. The van der Waals surface area contributed by atoms with E-state index in [1.807, 2.05) is 30.4 Å². The molecule has 25 heavy (non-hydrogen) atoms. The van der Waals surface area contributed by atoms with E-state index in [1.54, 1.807) is 11.3 Å². The van der Waals surface area contributed by atoms with Crippen LogP contribution in [0.2, 0.25) is 0 Å². The first-order valence-electron chi connectivity index (χ1n) is 9.03. The molecule has 0 bridgehead atoms. The van der Waals surface area contributed by atoms with Crippen LogP contribution < -0.4 is 10.6 Å². The number of thiazole rings is 1. The summed E-state index contributed by atoms with van der Waals surface area (Å²) >= 11 is 3.54. The van der Waals surface area contributed by atoms with Crippen molar-refractivity contribution in [2.45, 2.75) is 49.4 Å². The Morgan fingerprint density at radius 1 is 1.40 bits per heavy atom. The van der Waals surface area contributed by atoms with Gasteiger partial charge in [0.1, 0.15) is 4.34 Å². The van der Waals surface area contributed by atoms with E-state index in [0.29, 0.717) is 6.04 Å². The van der Waals surface area contributed by atoms with Gasteiger partial charge in [-0.05, 0) is 32.2 Å². The summed E-state index contributed by atoms with van der Waals surface area (Å²) in [6, 6.07) is 0.554. The Kier molecular flexibility index (Phi) is 12.9. The summed E-state index contributed by atoms with van der Waals surface area (Å²) in [6.07, 6.45) is 8.01. The van der Waals surface area contributed by atoms with Crippen molar-refractivity contribution >= 4 is 53.0 Å². The van der Waals surface area contributed by atoms with Crippen molar-refractivity contribution < 1.29 is 0 Å². The molecule has 8 heteroatoms. The number of guanidine groups is 1. The van der Waals surface area contributed by atoms with E-state index in [9.17, 15) is 0 Å². The number of piperidine rings is 1. The Labute approximate surface area is 177 Å². The number of rotatable bonds is 9. The maximum Gasteiger partial charge on any atom is 0.191 e. The normalized spacial score (nSPS) is 16.5. The molecule has 0 spiro atoms. The van der Waals surface area contributed by atoms with Crippen LogP contribution in [0.3, 0.4) is 0 Å². The zero-order valence-electron chi connectivity index (χ0n) is 15.4. The van der Waals surface area contributed by atoms with Crippen molar-refractivity contribution in [2.75, 3.05) is 39.0 Å². The van der Waals surface area contributed by atoms with Gasteiger partial charge in [0.05, 0.1) is 0 Å². The molecule has 2 rings (SSSR count). The molecule has 0 aromatic carbocycles. The largest absolute Gasteiger partial charge is 0.356 e. The van der Waals surface area contributed by atoms with Crippen LogP contribution in [0, 0.1) is 0 Å². The van der Waals surface area contributed by atoms with Gasteiger partial charge < -0.3 is 15.5 Å². The molecule has 2 N–H and O–H groups in total. The number of halogens is 1. The summed E-state index contributed by atoms with van der Waals surface area (Å²) in [5, 5.41) is 9.05. The minimum atomic E-state index is 0. The highest BCUT2D eigenvalue weighted by atomic mass is 127. The number of aliphatic imine (C=N–C) groups is 1. The fraction of sp³-hybridized carbons (Fsp3) is 0.765. The van der Waals surface area contributed by atoms with Crippen LogP contribution in [-0.2, 0) is 0 Å². The molecule has 0 aliphatic carbocycles. The first-order chi connectivity index (χ1) is 11.8. The second-order valence-corrected chi connectivity index (χ2v) is 8.35. The molecule has 1 aromatic heterocycles. The van der Waals surface area contributed by atoms with Crippen molar-refractivity contribution in [1.29, 1.82) is 0 Å². The minimum Gasteiger partial charge on any atom is -0.356 e. The lowest BCUT2D eigenvalue weighted by Gasteiger charge is -2.33. The number of aromatic nitrogens is 1. The number of hydrogen-bond donors (Lipinski definition) is 2. The molecule has 1 aliphatic rings. The Morgan fingerprint density at radius 3 is 2.84 bits per heavy atom. The second kappa shape index (κ2) is 14.1. The van der Waals surface area contributed by atoms with Crippen molar-refractivity contribution in [3.8, 4) is 0 Å². The predicted octanol–water partition coefficient (Wildman–Crippen LogP) is 3.67. The maximum absolute atomic E-state index is 4.36. The molecule has 0 amide bonds. The number of likely N-dealkylation sites (tertiary alicyclic amines) is 1. The monoisotopic (exact) mass is 497 g/mol. The number of unbranched alkanes of at least 4 members (excludes halogenated alkanes) is 1. The van der Waals surface area contributed by atoms with Crippen molar-refractivity contribution in [3.05, 3.63) is 11.6 Å². The molecule has 5 nitrogen and oxygen atoms in total. The summed E-state index contributed by atoms with van der Waals surface area (Å²) < 4.78 is 1.16. The van der Waals surface area contributed by atoms with Crippen LogP contribution in [-0.4, -0.2) is 60.9 Å². The number of nitrogens with one attached hydrogen (secondary N) is 2. The van der Waals surface area contributed by atoms with Gasteiger partial charge in [0.25, 0.3) is 0 Å². The van der Waals surface area contributed by atoms with Gasteiger partial charge in [-0.25, -0.2) is 4.98 Å². The summed E-state index contributed by atoms with van der Waals surface area (Å²) in [5.74, 6) is 2.04. The van der Waals surface area contributed by atoms with E-state index in [4.69, 9.17) is 0 Å². The van der Waals surface area contributed by atoms with Crippen LogP contribution in [0.4, 0.5) is 0 Å². The summed E-state index contributed by atoms with van der Waals surface area (Å²) in [5.41, 5.74) is 0. The Bertz CT molecular complexity index is 462. The van der Waals surface area contributed by atoms with Crippen LogP contribution in [0.1, 0.15) is 39.0 Å². The lowest BCUT2D eigenvalue weighted by Crippen LogP contribution is -2.48. The molecule has 144 valence electrons. The van der Waals surface area contributed by atoms with Crippen molar-refractivity contribution in [1.82, 2.24) is 20.5 Å². The average Bonchev–Trinajstić information content (AvgIpc) is 3.13. The van der Waals surface area contributed by atoms with Crippen LogP contribution in [0.25, 0.3) is 0 Å². The second-order valence-electron chi connectivity index (χ2n) is 6.11. The summed E-state index contributed by atoms with van der Waals surface area (Å²) in [7, 11) is 1.86. The third-order valence-corrected chi connectivity index (χ3v) is 6.28. The molecule has 0 atom stereocenters. The van der Waals surface area contributed by atoms with Crippen LogP contribution in [0.5, 0.6) is 0 Å². The zero-order chi connectivity index (χ0) is 17.0. The molecule has 0 radical (unpaired) electrons. The summed E-state index contributed by atoms with van der Waals surface area (Å²) in [4.78, 5) is 11.2. The highest BCUT2D eigenvalue weighted by molar-refractivity contribution is 14.0. The van der Waals surface area contributed by atoms with Crippen LogP contribution >= 0.6 is 47.1 Å². The highest BCUT2D eigenvalue weighted by Gasteiger charge is 2.19. The Hall–Kier alpha value is -0.0600. The molecule has 2 heterocycles. The van der Waals surface area contributed by atoms with E-state index >= 15 is 0 Å². The van der Waals surface area contributed by atoms with Gasteiger partial charge in [0.2, 0.25) is 0 Å². The van der Waals surface area contributed by atoms with Crippen molar-refractivity contribution in [2.24, 2.45) is 4.99 Å². The smallest absolute Gasteiger partial charge is 0.191 e. The standard InChI is InChI=1S/C17H31N5S2.HI/c1-3-4-10-22-11-6-15(7-12-22)21-16(18-2)19-8-5-13-23-17-20-9-14-24-17;/h9,14-15H,3-8,10-13H2,1-2H3,(H2,18,19,21);1H. The van der Waals surface area contributed by atoms with E-state index in [-0.39, 0.29) is 24.0 Å².